The molecule has 0 aliphatic heterocycles. The van der Waals surface area contributed by atoms with Crippen LogP contribution in [0.15, 0.2) is 15.4 Å². The molecule has 0 aliphatic carbocycles. The molecule has 6 nitrogen and oxygen atoms in total. The molecule has 0 amide bonds. The van der Waals surface area contributed by atoms with Crippen LogP contribution in [0.25, 0.3) is 0 Å². The Morgan fingerprint density at radius 2 is 2.18 bits per heavy atom. The van der Waals surface area contributed by atoms with Gasteiger partial charge in [-0.1, -0.05) is 0 Å². The molecule has 0 fully saturated rings. The van der Waals surface area contributed by atoms with E-state index in [1.54, 1.807) is 0 Å². The second-order valence-electron chi connectivity index (χ2n) is 3.10. The number of ether oxygens (including phenoxy) is 1. The number of rotatable bonds is 6. The summed E-state index contributed by atoms with van der Waals surface area (Å²) in [6, 6.07) is 0. The predicted molar refractivity (Wildman–Crippen MR) is 71.3 cm³/mol. The van der Waals surface area contributed by atoms with E-state index in [4.69, 9.17) is 4.74 Å². The molecule has 0 radical (unpaired) electrons. The van der Waals surface area contributed by atoms with E-state index < -0.39 is 10.0 Å². The van der Waals surface area contributed by atoms with Gasteiger partial charge in [-0.15, -0.1) is 0 Å². The van der Waals surface area contributed by atoms with Crippen molar-refractivity contribution in [1.29, 1.82) is 0 Å². The van der Waals surface area contributed by atoms with Gasteiger partial charge in [0.2, 0.25) is 10.0 Å². The van der Waals surface area contributed by atoms with Gasteiger partial charge in [0.1, 0.15) is 4.60 Å². The Morgan fingerprint density at radius 1 is 1.47 bits per heavy atom. The Kier molecular flexibility index (Phi) is 5.77. The number of sulfonamides is 1. The van der Waals surface area contributed by atoms with E-state index in [2.05, 4.69) is 46.5 Å². The van der Waals surface area contributed by atoms with E-state index in [0.717, 1.165) is 0 Å². The largest absolute Gasteiger partial charge is 0.385 e. The second kappa shape index (κ2) is 6.62. The van der Waals surface area contributed by atoms with Gasteiger partial charge in [-0.2, -0.15) is 0 Å². The lowest BCUT2D eigenvalue weighted by Gasteiger charge is -2.08. The molecule has 0 aromatic carbocycles. The van der Waals surface area contributed by atoms with Gasteiger partial charge >= 0.3 is 0 Å². The van der Waals surface area contributed by atoms with E-state index in [9.17, 15) is 8.42 Å². The fraction of sp³-hybridized carbons (Fsp3) is 0.500. The van der Waals surface area contributed by atoms with Crippen molar-refractivity contribution in [3.8, 4) is 0 Å². The summed E-state index contributed by atoms with van der Waals surface area (Å²) in [6.07, 6.45) is 1.84. The van der Waals surface area contributed by atoms with Crippen LogP contribution in [-0.4, -0.2) is 37.9 Å². The van der Waals surface area contributed by atoms with E-state index >= 15 is 0 Å². The van der Waals surface area contributed by atoms with Crippen LogP contribution < -0.4 is 4.72 Å². The summed E-state index contributed by atoms with van der Waals surface area (Å²) in [4.78, 5) is 7.89. The highest BCUT2D eigenvalue weighted by atomic mass is 79.9. The zero-order valence-corrected chi connectivity index (χ0v) is 13.0. The van der Waals surface area contributed by atoms with Crippen LogP contribution in [0.4, 0.5) is 5.82 Å². The lowest BCUT2D eigenvalue weighted by Crippen LogP contribution is -2.19. The fourth-order valence-electron chi connectivity index (χ4n) is 1.01. The molecule has 1 aromatic heterocycles. The molecule has 0 spiro atoms. The van der Waals surface area contributed by atoms with Gasteiger partial charge in [-0.3, -0.25) is 4.72 Å². The standard InChI is InChI=1S/C8H11Br2N3O3S/c1-16-3-2-4-17(14,15)13-8-7(10)12-6(9)5-11-8/h5H,2-4H2,1H3,(H,11,13). The lowest BCUT2D eigenvalue weighted by molar-refractivity contribution is 0.199. The molecule has 0 bridgehead atoms. The van der Waals surface area contributed by atoms with Crippen LogP contribution in [-0.2, 0) is 14.8 Å². The van der Waals surface area contributed by atoms with Gasteiger partial charge in [0.05, 0.1) is 11.9 Å². The van der Waals surface area contributed by atoms with Gasteiger partial charge in [0.15, 0.2) is 10.4 Å². The average molecular weight is 389 g/mol. The Balaban J connectivity index is 2.69. The first-order valence-electron chi connectivity index (χ1n) is 4.62. The highest BCUT2D eigenvalue weighted by Gasteiger charge is 2.13. The van der Waals surface area contributed by atoms with Gasteiger partial charge in [-0.25, -0.2) is 18.4 Å². The van der Waals surface area contributed by atoms with Crippen LogP contribution in [0.3, 0.4) is 0 Å². The smallest absolute Gasteiger partial charge is 0.234 e. The number of hydrogen-bond acceptors (Lipinski definition) is 5. The molecule has 0 aliphatic rings. The molecule has 0 unspecified atom stereocenters. The average Bonchev–Trinajstić information content (AvgIpc) is 2.22. The zero-order valence-electron chi connectivity index (χ0n) is 8.98. The molecule has 0 saturated carbocycles. The maximum Gasteiger partial charge on any atom is 0.234 e. The molecule has 1 rings (SSSR count). The lowest BCUT2D eigenvalue weighted by atomic mass is 10.5. The summed E-state index contributed by atoms with van der Waals surface area (Å²) in [5.74, 6) is 0.149. The summed E-state index contributed by atoms with van der Waals surface area (Å²) in [7, 11) is -1.90. The summed E-state index contributed by atoms with van der Waals surface area (Å²) < 4.78 is 31.3. The van der Waals surface area contributed by atoms with Crippen molar-refractivity contribution in [1.82, 2.24) is 9.97 Å². The normalized spacial score (nSPS) is 11.5. The van der Waals surface area contributed by atoms with E-state index in [1.165, 1.54) is 13.3 Å². The van der Waals surface area contributed by atoms with Crippen molar-refractivity contribution in [2.45, 2.75) is 6.42 Å². The van der Waals surface area contributed by atoms with Crippen LogP contribution in [0, 0.1) is 0 Å². The Bertz CT molecular complexity index is 481. The quantitative estimate of drug-likeness (QED) is 0.751. The van der Waals surface area contributed by atoms with E-state index in [1.807, 2.05) is 0 Å². The number of anilines is 1. The minimum absolute atomic E-state index is 0.0228. The summed E-state index contributed by atoms with van der Waals surface area (Å²) in [6.45, 7) is 0.397. The van der Waals surface area contributed by atoms with Gasteiger partial charge in [-0.05, 0) is 38.3 Å². The maximum atomic E-state index is 11.6. The molecule has 0 atom stereocenters. The van der Waals surface area contributed by atoms with Crippen LogP contribution in [0.5, 0.6) is 0 Å². The Labute approximate surface area is 116 Å². The van der Waals surface area contributed by atoms with Crippen molar-refractivity contribution in [3.63, 3.8) is 0 Å². The number of nitrogens with one attached hydrogen (secondary N) is 1. The first-order valence-corrected chi connectivity index (χ1v) is 7.86. The molecule has 1 heterocycles. The Morgan fingerprint density at radius 3 is 2.76 bits per heavy atom. The third-order valence-corrected chi connectivity index (χ3v) is 3.98. The molecule has 0 saturated heterocycles. The van der Waals surface area contributed by atoms with Crippen molar-refractivity contribution in [3.05, 3.63) is 15.4 Å². The van der Waals surface area contributed by atoms with Crippen molar-refractivity contribution in [2.75, 3.05) is 24.2 Å². The summed E-state index contributed by atoms with van der Waals surface area (Å²) in [5, 5.41) is 0. The number of methoxy groups -OCH3 is 1. The molecule has 9 heteroatoms. The first kappa shape index (κ1) is 14.8. The van der Waals surface area contributed by atoms with Crippen molar-refractivity contribution >= 4 is 47.7 Å². The number of hydrogen-bond donors (Lipinski definition) is 1. The molecule has 17 heavy (non-hydrogen) atoms. The van der Waals surface area contributed by atoms with Gasteiger partial charge in [0, 0.05) is 13.7 Å². The van der Waals surface area contributed by atoms with Crippen molar-refractivity contribution in [2.24, 2.45) is 0 Å². The molecular weight excluding hydrogens is 378 g/mol. The third-order valence-electron chi connectivity index (χ3n) is 1.71. The van der Waals surface area contributed by atoms with Crippen molar-refractivity contribution < 1.29 is 13.2 Å². The molecular formula is C8H11Br2N3O3S. The highest BCUT2D eigenvalue weighted by molar-refractivity contribution is 9.11. The molecule has 1 aromatic rings. The summed E-state index contributed by atoms with van der Waals surface area (Å²) >= 11 is 6.26. The molecule has 1 N–H and O–H groups in total. The first-order chi connectivity index (χ1) is 7.94. The SMILES string of the molecule is COCCCS(=O)(=O)Nc1ncc(Br)nc1Br. The fourth-order valence-corrected chi connectivity index (χ4v) is 3.09. The number of aromatic nitrogens is 2. The van der Waals surface area contributed by atoms with Gasteiger partial charge in [0.25, 0.3) is 0 Å². The molecule has 96 valence electrons. The topological polar surface area (TPSA) is 81.2 Å². The zero-order chi connectivity index (χ0) is 12.9. The minimum Gasteiger partial charge on any atom is -0.385 e. The number of halogens is 2. The van der Waals surface area contributed by atoms with E-state index in [0.29, 0.717) is 22.2 Å². The third kappa shape index (κ3) is 5.28. The van der Waals surface area contributed by atoms with Crippen LogP contribution >= 0.6 is 31.9 Å². The maximum absolute atomic E-state index is 11.6. The van der Waals surface area contributed by atoms with E-state index in [-0.39, 0.29) is 11.6 Å². The minimum atomic E-state index is -3.42. The second-order valence-corrected chi connectivity index (χ2v) is 6.50. The number of nitrogens with zero attached hydrogens (tertiary/aromatic N) is 2. The van der Waals surface area contributed by atoms with Crippen LogP contribution in [0.2, 0.25) is 0 Å². The monoisotopic (exact) mass is 387 g/mol. The summed E-state index contributed by atoms with van der Waals surface area (Å²) in [5.41, 5.74) is 0. The van der Waals surface area contributed by atoms with Gasteiger partial charge < -0.3 is 4.74 Å². The Hall–Kier alpha value is -0.250. The highest BCUT2D eigenvalue weighted by Crippen LogP contribution is 2.20. The predicted octanol–water partition coefficient (Wildman–Crippen LogP) is 1.78. The van der Waals surface area contributed by atoms with Crippen LogP contribution in [0.1, 0.15) is 6.42 Å².